The second-order valence-electron chi connectivity index (χ2n) is 6.31. The number of ether oxygens (including phenoxy) is 1. The van der Waals surface area contributed by atoms with E-state index in [1.165, 1.54) is 5.56 Å². The van der Waals surface area contributed by atoms with Gasteiger partial charge in [-0.3, -0.25) is 0 Å². The van der Waals surface area contributed by atoms with Crippen LogP contribution in [0.15, 0.2) is 54.6 Å². The summed E-state index contributed by atoms with van der Waals surface area (Å²) < 4.78 is 5.90. The molecule has 4 rings (SSSR count). The van der Waals surface area contributed by atoms with Crippen molar-refractivity contribution in [1.82, 2.24) is 0 Å². The molecular weight excluding hydrogens is 260 g/mol. The molecule has 2 aliphatic heterocycles. The Morgan fingerprint density at radius 2 is 1.48 bits per heavy atom. The van der Waals surface area contributed by atoms with Crippen molar-refractivity contribution in [2.45, 2.75) is 43.5 Å². The molecule has 1 N–H and O–H groups in total. The van der Waals surface area contributed by atoms with Gasteiger partial charge >= 0.3 is 0 Å². The third-order valence-corrected chi connectivity index (χ3v) is 4.84. The van der Waals surface area contributed by atoms with Crippen LogP contribution >= 0.6 is 0 Å². The first-order chi connectivity index (χ1) is 10.2. The number of benzene rings is 2. The molecule has 0 aromatic heterocycles. The molecule has 21 heavy (non-hydrogen) atoms. The molecule has 2 aromatic rings. The fourth-order valence-electron chi connectivity index (χ4n) is 3.90. The molecule has 2 fully saturated rings. The molecule has 0 aliphatic carbocycles. The SMILES string of the molecule is OC1(c2ccccc2-c2ccccc2)CC2CCC(C1)O2. The van der Waals surface area contributed by atoms with E-state index in [1.807, 2.05) is 30.3 Å². The molecule has 2 saturated heterocycles. The average Bonchev–Trinajstić information content (AvgIpc) is 2.88. The maximum Gasteiger partial charge on any atom is 0.0951 e. The van der Waals surface area contributed by atoms with E-state index in [1.54, 1.807) is 0 Å². The maximum atomic E-state index is 11.3. The van der Waals surface area contributed by atoms with E-state index in [0.29, 0.717) is 12.8 Å². The smallest absolute Gasteiger partial charge is 0.0951 e. The summed E-state index contributed by atoms with van der Waals surface area (Å²) in [5, 5.41) is 11.3. The summed E-state index contributed by atoms with van der Waals surface area (Å²) in [7, 11) is 0. The molecule has 2 nitrogen and oxygen atoms in total. The molecule has 2 unspecified atom stereocenters. The molecular formula is C19H20O2. The number of rotatable bonds is 2. The number of fused-ring (bicyclic) bond motifs is 2. The van der Waals surface area contributed by atoms with Crippen LogP contribution in [0, 0.1) is 0 Å². The highest BCUT2D eigenvalue weighted by atomic mass is 16.5. The van der Waals surface area contributed by atoms with Crippen molar-refractivity contribution in [2.75, 3.05) is 0 Å². The van der Waals surface area contributed by atoms with Crippen LogP contribution in [0.25, 0.3) is 11.1 Å². The molecule has 0 saturated carbocycles. The normalized spacial score (nSPS) is 31.3. The van der Waals surface area contributed by atoms with Gasteiger partial charge in [0.25, 0.3) is 0 Å². The van der Waals surface area contributed by atoms with Crippen LogP contribution in [0.2, 0.25) is 0 Å². The Morgan fingerprint density at radius 3 is 2.19 bits per heavy atom. The van der Waals surface area contributed by atoms with Gasteiger partial charge in [0.1, 0.15) is 0 Å². The molecule has 0 spiro atoms. The number of hydrogen-bond acceptors (Lipinski definition) is 2. The molecule has 2 heterocycles. The quantitative estimate of drug-likeness (QED) is 0.904. The first kappa shape index (κ1) is 13.1. The van der Waals surface area contributed by atoms with Gasteiger partial charge in [0, 0.05) is 12.8 Å². The highest BCUT2D eigenvalue weighted by Gasteiger charge is 2.45. The highest BCUT2D eigenvalue weighted by molar-refractivity contribution is 5.68. The molecule has 2 heteroatoms. The first-order valence-electron chi connectivity index (χ1n) is 7.77. The minimum atomic E-state index is -0.753. The third kappa shape index (κ3) is 2.29. The summed E-state index contributed by atoms with van der Waals surface area (Å²) in [5.41, 5.74) is 2.61. The van der Waals surface area contributed by atoms with E-state index in [4.69, 9.17) is 4.74 Å². The monoisotopic (exact) mass is 280 g/mol. The summed E-state index contributed by atoms with van der Waals surface area (Å²) in [4.78, 5) is 0. The Balaban J connectivity index is 1.79. The van der Waals surface area contributed by atoms with Gasteiger partial charge in [-0.05, 0) is 29.5 Å². The van der Waals surface area contributed by atoms with Gasteiger partial charge < -0.3 is 9.84 Å². The van der Waals surface area contributed by atoms with Crippen molar-refractivity contribution in [3.05, 3.63) is 60.2 Å². The fraction of sp³-hybridized carbons (Fsp3) is 0.368. The Morgan fingerprint density at radius 1 is 0.857 bits per heavy atom. The van der Waals surface area contributed by atoms with Crippen LogP contribution in [0.5, 0.6) is 0 Å². The van der Waals surface area contributed by atoms with Crippen molar-refractivity contribution in [2.24, 2.45) is 0 Å². The molecule has 108 valence electrons. The molecule has 2 aromatic carbocycles. The molecule has 2 bridgehead atoms. The lowest BCUT2D eigenvalue weighted by Crippen LogP contribution is -2.39. The van der Waals surface area contributed by atoms with Gasteiger partial charge in [0.2, 0.25) is 0 Å². The summed E-state index contributed by atoms with van der Waals surface area (Å²) in [6, 6.07) is 18.6. The summed E-state index contributed by atoms with van der Waals surface area (Å²) in [6.07, 6.45) is 4.04. The highest BCUT2D eigenvalue weighted by Crippen LogP contribution is 2.46. The molecule has 2 atom stereocenters. The second-order valence-corrected chi connectivity index (χ2v) is 6.31. The van der Waals surface area contributed by atoms with Gasteiger partial charge in [0.05, 0.1) is 17.8 Å². The summed E-state index contributed by atoms with van der Waals surface area (Å²) in [5.74, 6) is 0. The van der Waals surface area contributed by atoms with Gasteiger partial charge in [-0.25, -0.2) is 0 Å². The van der Waals surface area contributed by atoms with Gasteiger partial charge in [0.15, 0.2) is 0 Å². The van der Waals surface area contributed by atoms with Crippen LogP contribution in [-0.2, 0) is 10.3 Å². The predicted octanol–water partition coefficient (Wildman–Crippen LogP) is 3.88. The lowest BCUT2D eigenvalue weighted by molar-refractivity contribution is -0.115. The summed E-state index contributed by atoms with van der Waals surface area (Å²) in [6.45, 7) is 0. The van der Waals surface area contributed by atoms with Crippen LogP contribution in [-0.4, -0.2) is 17.3 Å². The van der Waals surface area contributed by atoms with Gasteiger partial charge in [-0.15, -0.1) is 0 Å². The zero-order valence-corrected chi connectivity index (χ0v) is 12.0. The average molecular weight is 280 g/mol. The summed E-state index contributed by atoms with van der Waals surface area (Å²) >= 11 is 0. The van der Waals surface area contributed by atoms with E-state index >= 15 is 0 Å². The lowest BCUT2D eigenvalue weighted by Gasteiger charge is -2.38. The maximum absolute atomic E-state index is 11.3. The van der Waals surface area contributed by atoms with E-state index < -0.39 is 5.60 Å². The predicted molar refractivity (Wildman–Crippen MR) is 82.9 cm³/mol. The largest absolute Gasteiger partial charge is 0.385 e. The zero-order chi connectivity index (χ0) is 14.3. The lowest BCUT2D eigenvalue weighted by atomic mass is 9.80. The van der Waals surface area contributed by atoms with Crippen LogP contribution in [0.4, 0.5) is 0 Å². The number of aliphatic hydroxyl groups is 1. The fourth-order valence-corrected chi connectivity index (χ4v) is 3.90. The molecule has 0 radical (unpaired) electrons. The van der Waals surface area contributed by atoms with Crippen molar-refractivity contribution in [3.63, 3.8) is 0 Å². The van der Waals surface area contributed by atoms with Crippen molar-refractivity contribution < 1.29 is 9.84 Å². The Bertz CT molecular complexity index is 623. The van der Waals surface area contributed by atoms with E-state index in [0.717, 1.165) is 24.0 Å². The van der Waals surface area contributed by atoms with Crippen LogP contribution in [0.3, 0.4) is 0 Å². The van der Waals surface area contributed by atoms with Crippen LogP contribution < -0.4 is 0 Å². The van der Waals surface area contributed by atoms with Crippen molar-refractivity contribution in [3.8, 4) is 11.1 Å². The zero-order valence-electron chi connectivity index (χ0n) is 12.0. The Labute approximate surface area is 125 Å². The van der Waals surface area contributed by atoms with Gasteiger partial charge in [-0.1, -0.05) is 54.6 Å². The Kier molecular flexibility index (Phi) is 3.09. The first-order valence-corrected chi connectivity index (χ1v) is 7.77. The van der Waals surface area contributed by atoms with Crippen molar-refractivity contribution in [1.29, 1.82) is 0 Å². The molecule has 0 amide bonds. The standard InChI is InChI=1S/C19H20O2/c20-19(12-15-10-11-16(13-19)21-15)18-9-5-4-8-17(18)14-6-2-1-3-7-14/h1-9,15-16,20H,10-13H2. The van der Waals surface area contributed by atoms with E-state index in [-0.39, 0.29) is 12.2 Å². The topological polar surface area (TPSA) is 29.5 Å². The van der Waals surface area contributed by atoms with Crippen molar-refractivity contribution >= 4 is 0 Å². The van der Waals surface area contributed by atoms with E-state index in [2.05, 4.69) is 24.3 Å². The minimum Gasteiger partial charge on any atom is -0.385 e. The van der Waals surface area contributed by atoms with E-state index in [9.17, 15) is 5.11 Å². The third-order valence-electron chi connectivity index (χ3n) is 4.84. The van der Waals surface area contributed by atoms with Crippen LogP contribution in [0.1, 0.15) is 31.2 Å². The second kappa shape index (κ2) is 4.97. The van der Waals surface area contributed by atoms with Gasteiger partial charge in [-0.2, -0.15) is 0 Å². The molecule has 2 aliphatic rings. The number of hydrogen-bond donors (Lipinski definition) is 1. The Hall–Kier alpha value is -1.64. The minimum absolute atomic E-state index is 0.220.